The molecular formula is C22H21ClFNO7S. The van der Waals surface area contributed by atoms with Crippen molar-refractivity contribution in [1.82, 2.24) is 4.98 Å². The highest BCUT2D eigenvalue weighted by atomic mass is 35.5. The van der Waals surface area contributed by atoms with E-state index in [1.807, 2.05) is 0 Å². The zero-order chi connectivity index (χ0) is 24.3. The molecule has 1 aliphatic heterocycles. The van der Waals surface area contributed by atoms with E-state index in [0.29, 0.717) is 11.1 Å². The Morgan fingerprint density at radius 3 is 2.27 bits per heavy atom. The maximum absolute atomic E-state index is 13.2. The van der Waals surface area contributed by atoms with Crippen molar-refractivity contribution in [1.29, 1.82) is 0 Å². The van der Waals surface area contributed by atoms with Gasteiger partial charge in [-0.15, -0.1) is 11.8 Å². The first kappa shape index (κ1) is 24.9. The predicted octanol–water partition coefficient (Wildman–Crippen LogP) is 3.23. The fraction of sp³-hybridized carbons (Fsp3) is 0.364. The molecule has 0 spiro atoms. The number of carbonyl (C=O) groups is 3. The number of carbonyl (C=O) groups excluding carboxylic acids is 3. The fourth-order valence-corrected chi connectivity index (χ4v) is 5.19. The van der Waals surface area contributed by atoms with Crippen molar-refractivity contribution in [2.24, 2.45) is 0 Å². The number of ether oxygens (including phenoxy) is 3. The second kappa shape index (κ2) is 10.1. The van der Waals surface area contributed by atoms with Gasteiger partial charge in [-0.3, -0.25) is 14.4 Å². The Kier molecular flexibility index (Phi) is 7.61. The van der Waals surface area contributed by atoms with Gasteiger partial charge >= 0.3 is 17.9 Å². The molecule has 0 bridgehead atoms. The van der Waals surface area contributed by atoms with Crippen LogP contribution in [0.2, 0.25) is 5.02 Å². The Morgan fingerprint density at radius 1 is 1.06 bits per heavy atom. The van der Waals surface area contributed by atoms with Gasteiger partial charge in [-0.1, -0.05) is 17.7 Å². The standard InChI is InChI=1S/C22H21ClFNO7S/c1-11(26)30-18-10-33-22(29,21(32-13(3)28)20(18)31-12(2)27)16-8-14(4-6-17(16)23)15-5-7-19(24)25-9-15/h4-9,18,20-21,29H,10H2,1-3H3/t18-,20+,21-,22-/m1/s1. The van der Waals surface area contributed by atoms with E-state index >= 15 is 0 Å². The van der Waals surface area contributed by atoms with Crippen molar-refractivity contribution >= 4 is 41.3 Å². The Labute approximate surface area is 198 Å². The first-order valence-electron chi connectivity index (χ1n) is 9.81. The summed E-state index contributed by atoms with van der Waals surface area (Å²) < 4.78 is 29.3. The van der Waals surface area contributed by atoms with Crippen LogP contribution in [0.3, 0.4) is 0 Å². The number of pyridine rings is 1. The second-order valence-corrected chi connectivity index (χ2v) is 8.98. The Hall–Kier alpha value is -2.69. The molecule has 33 heavy (non-hydrogen) atoms. The molecule has 1 N–H and O–H groups in total. The van der Waals surface area contributed by atoms with Crippen molar-refractivity contribution < 1.29 is 38.1 Å². The minimum Gasteiger partial charge on any atom is -0.458 e. The molecule has 0 unspecified atom stereocenters. The molecule has 1 aromatic carbocycles. The number of esters is 3. The minimum atomic E-state index is -1.97. The molecule has 0 amide bonds. The van der Waals surface area contributed by atoms with Crippen LogP contribution in [-0.4, -0.2) is 52.1 Å². The molecule has 1 aliphatic rings. The molecule has 1 fully saturated rings. The zero-order valence-electron chi connectivity index (χ0n) is 17.9. The number of rotatable bonds is 5. The molecule has 0 saturated carbocycles. The summed E-state index contributed by atoms with van der Waals surface area (Å²) in [5.74, 6) is -2.74. The normalized spacial score (nSPS) is 24.6. The van der Waals surface area contributed by atoms with Crippen LogP contribution >= 0.6 is 23.4 Å². The molecule has 0 aliphatic carbocycles. The summed E-state index contributed by atoms with van der Waals surface area (Å²) in [4.78, 5) is 37.0. The second-order valence-electron chi connectivity index (χ2n) is 7.32. The summed E-state index contributed by atoms with van der Waals surface area (Å²) in [6.07, 6.45) is -2.42. The van der Waals surface area contributed by atoms with Crippen molar-refractivity contribution in [3.05, 3.63) is 53.1 Å². The summed E-state index contributed by atoms with van der Waals surface area (Å²) in [6.45, 7) is 3.47. The molecule has 176 valence electrons. The smallest absolute Gasteiger partial charge is 0.303 e. The van der Waals surface area contributed by atoms with Crippen LogP contribution in [0.15, 0.2) is 36.5 Å². The maximum atomic E-state index is 13.2. The molecule has 8 nitrogen and oxygen atoms in total. The molecule has 11 heteroatoms. The fourth-order valence-electron chi connectivity index (χ4n) is 3.53. The van der Waals surface area contributed by atoms with Crippen molar-refractivity contribution in [3.8, 4) is 11.1 Å². The highest BCUT2D eigenvalue weighted by Gasteiger charge is 2.56. The van der Waals surface area contributed by atoms with Gasteiger partial charge in [0.15, 0.2) is 23.2 Å². The number of benzene rings is 1. The van der Waals surface area contributed by atoms with Crippen molar-refractivity contribution in [2.45, 2.75) is 44.0 Å². The van der Waals surface area contributed by atoms with Gasteiger partial charge in [0.25, 0.3) is 0 Å². The number of hydrogen-bond donors (Lipinski definition) is 1. The van der Waals surface area contributed by atoms with Crippen molar-refractivity contribution in [2.75, 3.05) is 5.75 Å². The van der Waals surface area contributed by atoms with Gasteiger partial charge in [-0.2, -0.15) is 4.39 Å². The number of thioether (sulfide) groups is 1. The van der Waals surface area contributed by atoms with E-state index in [-0.39, 0.29) is 16.3 Å². The number of hydrogen-bond acceptors (Lipinski definition) is 9. The number of halogens is 2. The van der Waals surface area contributed by atoms with Crippen LogP contribution in [0.1, 0.15) is 26.3 Å². The van der Waals surface area contributed by atoms with Crippen LogP contribution in [0.4, 0.5) is 4.39 Å². The summed E-state index contributed by atoms with van der Waals surface area (Å²) >= 11 is 7.35. The van der Waals surface area contributed by atoms with Gasteiger partial charge in [0.1, 0.15) is 0 Å². The van der Waals surface area contributed by atoms with E-state index in [1.54, 1.807) is 12.1 Å². The number of aliphatic hydroxyl groups is 1. The lowest BCUT2D eigenvalue weighted by atomic mass is 9.93. The lowest BCUT2D eigenvalue weighted by Crippen LogP contribution is -2.58. The molecule has 4 atom stereocenters. The lowest BCUT2D eigenvalue weighted by molar-refractivity contribution is -0.197. The van der Waals surface area contributed by atoms with E-state index in [1.165, 1.54) is 31.3 Å². The van der Waals surface area contributed by atoms with Crippen LogP contribution in [0.5, 0.6) is 0 Å². The van der Waals surface area contributed by atoms with E-state index in [4.69, 9.17) is 25.8 Å². The third-order valence-corrected chi connectivity index (χ3v) is 6.56. The Bertz CT molecular complexity index is 1070. The largest absolute Gasteiger partial charge is 0.458 e. The van der Waals surface area contributed by atoms with E-state index in [9.17, 15) is 23.9 Å². The lowest BCUT2D eigenvalue weighted by Gasteiger charge is -2.45. The number of nitrogens with zero attached hydrogens (tertiary/aromatic N) is 1. The van der Waals surface area contributed by atoms with Crippen LogP contribution in [0.25, 0.3) is 11.1 Å². The summed E-state index contributed by atoms with van der Waals surface area (Å²) in [7, 11) is 0. The van der Waals surface area contributed by atoms with Gasteiger partial charge in [0.2, 0.25) is 5.95 Å². The molecule has 0 radical (unpaired) electrons. The van der Waals surface area contributed by atoms with Gasteiger partial charge in [0.05, 0.1) is 0 Å². The minimum absolute atomic E-state index is 0.0183. The zero-order valence-corrected chi connectivity index (χ0v) is 19.5. The van der Waals surface area contributed by atoms with Crippen molar-refractivity contribution in [3.63, 3.8) is 0 Å². The first-order valence-corrected chi connectivity index (χ1v) is 11.2. The SMILES string of the molecule is CC(=O)O[C@@H]1[C@@H](OC(C)=O)[C@@](O)(c2cc(-c3ccc(F)nc3)ccc2Cl)SC[C@H]1OC(C)=O. The van der Waals surface area contributed by atoms with E-state index in [0.717, 1.165) is 25.6 Å². The van der Waals surface area contributed by atoms with Gasteiger partial charge in [0, 0.05) is 48.9 Å². The molecule has 2 heterocycles. The average Bonchev–Trinajstić information content (AvgIpc) is 2.73. The van der Waals surface area contributed by atoms with Gasteiger partial charge in [-0.05, 0) is 29.8 Å². The maximum Gasteiger partial charge on any atom is 0.303 e. The molecule has 1 aromatic heterocycles. The highest BCUT2D eigenvalue weighted by molar-refractivity contribution is 8.00. The molecule has 3 rings (SSSR count). The van der Waals surface area contributed by atoms with Gasteiger partial charge in [-0.25, -0.2) is 4.98 Å². The average molecular weight is 498 g/mol. The van der Waals surface area contributed by atoms with Crippen LogP contribution in [-0.2, 0) is 33.5 Å². The van der Waals surface area contributed by atoms with Gasteiger partial charge < -0.3 is 19.3 Å². The van der Waals surface area contributed by atoms with E-state index in [2.05, 4.69) is 4.98 Å². The first-order chi connectivity index (χ1) is 15.5. The monoisotopic (exact) mass is 497 g/mol. The summed E-state index contributed by atoms with van der Waals surface area (Å²) in [6, 6.07) is 7.43. The molecular weight excluding hydrogens is 477 g/mol. The predicted molar refractivity (Wildman–Crippen MR) is 118 cm³/mol. The molecule has 2 aromatic rings. The van der Waals surface area contributed by atoms with Crippen LogP contribution < -0.4 is 0 Å². The van der Waals surface area contributed by atoms with Crippen LogP contribution in [0, 0.1) is 5.95 Å². The van der Waals surface area contributed by atoms with E-state index < -0.39 is 47.1 Å². The molecule has 1 saturated heterocycles. The number of aromatic nitrogens is 1. The Morgan fingerprint density at radius 2 is 1.70 bits per heavy atom. The third kappa shape index (κ3) is 5.63. The third-order valence-electron chi connectivity index (χ3n) is 4.84. The summed E-state index contributed by atoms with van der Waals surface area (Å²) in [5.41, 5.74) is 1.28. The highest BCUT2D eigenvalue weighted by Crippen LogP contribution is 2.49. The quantitative estimate of drug-likeness (QED) is 0.378. The Balaban J connectivity index is 2.11. The summed E-state index contributed by atoms with van der Waals surface area (Å²) in [5, 5.41) is 11.9. The topological polar surface area (TPSA) is 112 Å².